The predicted octanol–water partition coefficient (Wildman–Crippen LogP) is 2.61. The zero-order chi connectivity index (χ0) is 16.2. The van der Waals surface area contributed by atoms with Crippen LogP contribution in [-0.4, -0.2) is 23.3 Å². The number of rotatable bonds is 2. The first kappa shape index (κ1) is 15.0. The monoisotopic (exact) mass is 300 g/mol. The molecular formula is C18H20O4. The number of benzene rings is 1. The van der Waals surface area contributed by atoms with E-state index in [0.717, 1.165) is 16.7 Å². The second-order valence-electron chi connectivity index (χ2n) is 6.46. The summed E-state index contributed by atoms with van der Waals surface area (Å²) < 4.78 is 5.80. The standard InChI is InChI=1S/C18H20O4/c1-9-5-6-13-10(2)8-22-16-12(4)17(20)18(21,7-11(3)19)15(9)14(13)16/h5-6,10,21H,7-8H2,1-4H3/t10-,18-/m1/s1. The van der Waals surface area contributed by atoms with Gasteiger partial charge in [0.05, 0.1) is 6.61 Å². The van der Waals surface area contributed by atoms with Crippen molar-refractivity contribution in [3.05, 3.63) is 40.0 Å². The molecule has 2 aliphatic rings. The van der Waals surface area contributed by atoms with Crippen molar-refractivity contribution in [2.24, 2.45) is 0 Å². The average molecular weight is 300 g/mol. The van der Waals surface area contributed by atoms with Gasteiger partial charge in [-0.1, -0.05) is 19.1 Å². The topological polar surface area (TPSA) is 63.6 Å². The molecule has 0 radical (unpaired) electrons. The molecule has 1 aromatic rings. The third-order valence-electron chi connectivity index (χ3n) is 4.66. The van der Waals surface area contributed by atoms with Gasteiger partial charge in [0.1, 0.15) is 11.5 Å². The minimum absolute atomic E-state index is 0.181. The Labute approximate surface area is 129 Å². The van der Waals surface area contributed by atoms with Gasteiger partial charge in [0.15, 0.2) is 11.4 Å². The summed E-state index contributed by atoms with van der Waals surface area (Å²) in [6, 6.07) is 3.94. The maximum absolute atomic E-state index is 12.7. The normalized spacial score (nSPS) is 26.6. The lowest BCUT2D eigenvalue weighted by atomic mass is 9.70. The van der Waals surface area contributed by atoms with E-state index in [0.29, 0.717) is 23.5 Å². The number of hydrogen-bond donors (Lipinski definition) is 1. The fourth-order valence-corrected chi connectivity index (χ4v) is 3.63. The molecule has 0 saturated carbocycles. The SMILES string of the molecule is CC(=O)C[C@]1(O)C(=O)C(C)=C2OC[C@@H](C)c3ccc(C)c1c32. The van der Waals surface area contributed by atoms with E-state index in [-0.39, 0.29) is 18.1 Å². The zero-order valence-electron chi connectivity index (χ0n) is 13.3. The Kier molecular flexibility index (Phi) is 3.25. The van der Waals surface area contributed by atoms with Crippen molar-refractivity contribution in [1.82, 2.24) is 0 Å². The Bertz CT molecular complexity index is 729. The molecule has 1 heterocycles. The third kappa shape index (κ3) is 1.87. The Morgan fingerprint density at radius 2 is 2.09 bits per heavy atom. The molecule has 0 amide bonds. The molecule has 0 aromatic heterocycles. The number of aliphatic hydroxyl groups is 1. The number of ether oxygens (including phenoxy) is 1. The maximum Gasteiger partial charge on any atom is 0.198 e. The van der Waals surface area contributed by atoms with Gasteiger partial charge in [0.2, 0.25) is 0 Å². The Morgan fingerprint density at radius 1 is 1.41 bits per heavy atom. The zero-order valence-corrected chi connectivity index (χ0v) is 13.3. The first-order chi connectivity index (χ1) is 10.3. The molecule has 116 valence electrons. The highest BCUT2D eigenvalue weighted by molar-refractivity contribution is 6.12. The maximum atomic E-state index is 12.7. The second kappa shape index (κ2) is 4.78. The quantitative estimate of drug-likeness (QED) is 0.912. The lowest BCUT2D eigenvalue weighted by Gasteiger charge is -2.39. The van der Waals surface area contributed by atoms with Crippen molar-refractivity contribution < 1.29 is 19.4 Å². The summed E-state index contributed by atoms with van der Waals surface area (Å²) in [6.07, 6.45) is -0.206. The predicted molar refractivity (Wildman–Crippen MR) is 82.3 cm³/mol. The molecule has 0 unspecified atom stereocenters. The number of carbonyl (C=O) groups excluding carboxylic acids is 2. The van der Waals surface area contributed by atoms with Gasteiger partial charge in [-0.25, -0.2) is 0 Å². The molecule has 1 aliphatic heterocycles. The summed E-state index contributed by atoms with van der Waals surface area (Å²) in [6.45, 7) is 7.47. The summed E-state index contributed by atoms with van der Waals surface area (Å²) in [7, 11) is 0. The molecule has 1 N–H and O–H groups in total. The highest BCUT2D eigenvalue weighted by atomic mass is 16.5. The van der Waals surface area contributed by atoms with E-state index in [9.17, 15) is 14.7 Å². The third-order valence-corrected chi connectivity index (χ3v) is 4.66. The molecule has 0 spiro atoms. The van der Waals surface area contributed by atoms with Gasteiger partial charge in [-0.2, -0.15) is 0 Å². The second-order valence-corrected chi connectivity index (χ2v) is 6.46. The molecule has 1 aliphatic carbocycles. The molecular weight excluding hydrogens is 280 g/mol. The van der Waals surface area contributed by atoms with Crippen molar-refractivity contribution in [1.29, 1.82) is 0 Å². The van der Waals surface area contributed by atoms with Crippen molar-refractivity contribution >= 4 is 17.3 Å². The van der Waals surface area contributed by atoms with E-state index in [2.05, 4.69) is 6.92 Å². The molecule has 22 heavy (non-hydrogen) atoms. The van der Waals surface area contributed by atoms with Crippen LogP contribution in [0.2, 0.25) is 0 Å². The first-order valence-electron chi connectivity index (χ1n) is 7.52. The smallest absolute Gasteiger partial charge is 0.198 e. The largest absolute Gasteiger partial charge is 0.492 e. The molecule has 3 rings (SSSR count). The number of aryl methyl sites for hydroxylation is 1. The van der Waals surface area contributed by atoms with Gasteiger partial charge in [0.25, 0.3) is 0 Å². The minimum Gasteiger partial charge on any atom is -0.492 e. The minimum atomic E-state index is -1.78. The summed E-state index contributed by atoms with van der Waals surface area (Å²) >= 11 is 0. The van der Waals surface area contributed by atoms with Crippen LogP contribution in [0.5, 0.6) is 0 Å². The van der Waals surface area contributed by atoms with Gasteiger partial charge in [-0.15, -0.1) is 0 Å². The lowest BCUT2D eigenvalue weighted by Crippen LogP contribution is -2.43. The van der Waals surface area contributed by atoms with Crippen LogP contribution >= 0.6 is 0 Å². The summed E-state index contributed by atoms with van der Waals surface area (Å²) in [5, 5.41) is 11.1. The van der Waals surface area contributed by atoms with Gasteiger partial charge in [-0.3, -0.25) is 9.59 Å². The van der Waals surface area contributed by atoms with Crippen LogP contribution in [0.3, 0.4) is 0 Å². The van der Waals surface area contributed by atoms with Gasteiger partial charge < -0.3 is 9.84 Å². The molecule has 2 atom stereocenters. The summed E-state index contributed by atoms with van der Waals surface area (Å²) in [5.41, 5.74) is 1.83. The molecule has 1 aromatic carbocycles. The molecule has 0 bridgehead atoms. The molecule has 4 nitrogen and oxygen atoms in total. The summed E-state index contributed by atoms with van der Waals surface area (Å²) in [5.74, 6) is 0.0968. The van der Waals surface area contributed by atoms with Crippen LogP contribution in [0.15, 0.2) is 17.7 Å². The number of ketones is 2. The molecule has 0 saturated heterocycles. The highest BCUT2D eigenvalue weighted by Gasteiger charge is 2.49. The van der Waals surface area contributed by atoms with E-state index in [4.69, 9.17) is 4.74 Å². The highest BCUT2D eigenvalue weighted by Crippen LogP contribution is 2.48. The number of hydrogen-bond acceptors (Lipinski definition) is 4. The van der Waals surface area contributed by atoms with Crippen molar-refractivity contribution in [3.8, 4) is 0 Å². The van der Waals surface area contributed by atoms with Crippen LogP contribution in [0, 0.1) is 6.92 Å². The van der Waals surface area contributed by atoms with Crippen molar-refractivity contribution in [2.75, 3.05) is 6.61 Å². The fraction of sp³-hybridized carbons (Fsp3) is 0.444. The van der Waals surface area contributed by atoms with E-state index in [1.807, 2.05) is 19.1 Å². The van der Waals surface area contributed by atoms with Gasteiger partial charge in [-0.05, 0) is 31.9 Å². The van der Waals surface area contributed by atoms with E-state index < -0.39 is 11.4 Å². The fourth-order valence-electron chi connectivity index (χ4n) is 3.63. The van der Waals surface area contributed by atoms with Crippen LogP contribution in [0.1, 0.15) is 55.4 Å². The Morgan fingerprint density at radius 3 is 2.73 bits per heavy atom. The Hall–Kier alpha value is -1.94. The van der Waals surface area contributed by atoms with Crippen LogP contribution < -0.4 is 0 Å². The van der Waals surface area contributed by atoms with Gasteiger partial charge >= 0.3 is 0 Å². The number of Topliss-reactive ketones (excluding diaryl/α,β-unsaturated/α-hetero) is 2. The Balaban J connectivity index is 2.39. The average Bonchev–Trinajstić information content (AvgIpc) is 2.43. The van der Waals surface area contributed by atoms with Crippen LogP contribution in [0.25, 0.3) is 5.76 Å². The van der Waals surface area contributed by atoms with Crippen molar-refractivity contribution in [2.45, 2.75) is 45.6 Å². The van der Waals surface area contributed by atoms with E-state index >= 15 is 0 Å². The van der Waals surface area contributed by atoms with E-state index in [1.165, 1.54) is 6.92 Å². The van der Waals surface area contributed by atoms with Gasteiger partial charge in [0, 0.05) is 29.0 Å². The van der Waals surface area contributed by atoms with Crippen LogP contribution in [-0.2, 0) is 19.9 Å². The molecule has 0 fully saturated rings. The van der Waals surface area contributed by atoms with Crippen molar-refractivity contribution in [3.63, 3.8) is 0 Å². The van der Waals surface area contributed by atoms with Crippen LogP contribution in [0.4, 0.5) is 0 Å². The number of carbonyl (C=O) groups is 2. The lowest BCUT2D eigenvalue weighted by molar-refractivity contribution is -0.140. The first-order valence-corrected chi connectivity index (χ1v) is 7.52. The van der Waals surface area contributed by atoms with E-state index in [1.54, 1.807) is 6.92 Å². The summed E-state index contributed by atoms with van der Waals surface area (Å²) in [4.78, 5) is 24.4. The molecule has 4 heteroatoms.